The molecule has 146 valence electrons. The first-order valence-corrected chi connectivity index (χ1v) is 9.40. The summed E-state index contributed by atoms with van der Waals surface area (Å²) >= 11 is 1.16. The highest BCUT2D eigenvalue weighted by molar-refractivity contribution is 7.99. The lowest BCUT2D eigenvalue weighted by atomic mass is 10.2. The van der Waals surface area contributed by atoms with Crippen molar-refractivity contribution in [3.8, 4) is 11.4 Å². The van der Waals surface area contributed by atoms with Crippen LogP contribution >= 0.6 is 11.8 Å². The van der Waals surface area contributed by atoms with Gasteiger partial charge in [-0.05, 0) is 19.1 Å². The number of nitrogens with two attached hydrogens (primary N) is 1. The summed E-state index contributed by atoms with van der Waals surface area (Å²) in [7, 11) is 2.72. The van der Waals surface area contributed by atoms with Crippen molar-refractivity contribution in [2.45, 2.75) is 18.6 Å². The number of aromatic nitrogens is 6. The van der Waals surface area contributed by atoms with Gasteiger partial charge in [-0.2, -0.15) is 0 Å². The number of carbonyl (C=O) groups excluding carboxylic acids is 1. The molecule has 0 aliphatic carbocycles. The van der Waals surface area contributed by atoms with E-state index in [1.165, 1.54) is 14.1 Å². The molecule has 0 atom stereocenters. The topological polar surface area (TPSA) is 131 Å². The van der Waals surface area contributed by atoms with E-state index in [0.717, 1.165) is 26.5 Å². The molecule has 0 aliphatic rings. The van der Waals surface area contributed by atoms with Gasteiger partial charge in [-0.15, -0.1) is 10.2 Å². The Balaban J connectivity index is 1.88. The van der Waals surface area contributed by atoms with Gasteiger partial charge in [0.1, 0.15) is 11.4 Å². The van der Waals surface area contributed by atoms with Crippen LogP contribution in [0.2, 0.25) is 0 Å². The molecule has 10 nitrogen and oxygen atoms in total. The van der Waals surface area contributed by atoms with Crippen molar-refractivity contribution in [2.75, 3.05) is 11.5 Å². The molecule has 3 heterocycles. The maximum absolute atomic E-state index is 12.7. The molecule has 11 heteroatoms. The lowest BCUT2D eigenvalue weighted by Gasteiger charge is -2.11. The standard InChI is InChI=1S/C17H19N7O3S/c1-4-24-14(10-5-7-19-8-6-10)20-21-16(24)28-9-11(25)12-13(18)22(2)17(27)23(3)15(12)26/h5-8H,4,9,18H2,1-3H3. The molecular formula is C17H19N7O3S. The zero-order valence-electron chi connectivity index (χ0n) is 15.6. The number of hydrogen-bond acceptors (Lipinski definition) is 8. The number of carbonyl (C=O) groups is 1. The highest BCUT2D eigenvalue weighted by atomic mass is 32.2. The summed E-state index contributed by atoms with van der Waals surface area (Å²) in [5.41, 5.74) is 5.21. The van der Waals surface area contributed by atoms with Crippen LogP contribution in [0.1, 0.15) is 17.3 Å². The fourth-order valence-corrected chi connectivity index (χ4v) is 3.59. The van der Waals surface area contributed by atoms with Gasteiger partial charge in [-0.3, -0.25) is 23.7 Å². The largest absolute Gasteiger partial charge is 0.384 e. The monoisotopic (exact) mass is 401 g/mol. The van der Waals surface area contributed by atoms with E-state index in [1.54, 1.807) is 12.4 Å². The number of rotatable bonds is 6. The third-order valence-electron chi connectivity index (χ3n) is 4.29. The van der Waals surface area contributed by atoms with Gasteiger partial charge < -0.3 is 10.3 Å². The zero-order valence-corrected chi connectivity index (χ0v) is 16.4. The maximum atomic E-state index is 12.7. The third-order valence-corrected chi connectivity index (χ3v) is 5.26. The van der Waals surface area contributed by atoms with Gasteiger partial charge in [0.15, 0.2) is 16.8 Å². The van der Waals surface area contributed by atoms with Gasteiger partial charge in [0.2, 0.25) is 0 Å². The first-order valence-electron chi connectivity index (χ1n) is 8.41. The second-order valence-corrected chi connectivity index (χ2v) is 6.91. The number of Topliss-reactive ketones (excluding diaryl/α,β-unsaturated/α-hetero) is 1. The van der Waals surface area contributed by atoms with Crippen LogP contribution in [0.25, 0.3) is 11.4 Å². The smallest absolute Gasteiger partial charge is 0.332 e. The van der Waals surface area contributed by atoms with E-state index >= 15 is 0 Å². The minimum atomic E-state index is -0.708. The van der Waals surface area contributed by atoms with Crippen molar-refractivity contribution >= 4 is 23.4 Å². The van der Waals surface area contributed by atoms with Crippen LogP contribution in [-0.4, -0.2) is 40.4 Å². The molecular weight excluding hydrogens is 382 g/mol. The zero-order chi connectivity index (χ0) is 20.4. The van der Waals surface area contributed by atoms with E-state index in [0.29, 0.717) is 17.5 Å². The van der Waals surface area contributed by atoms with E-state index < -0.39 is 17.0 Å². The number of ketones is 1. The van der Waals surface area contributed by atoms with Crippen LogP contribution in [0.5, 0.6) is 0 Å². The summed E-state index contributed by atoms with van der Waals surface area (Å²) in [5, 5.41) is 8.90. The number of hydrogen-bond donors (Lipinski definition) is 1. The molecule has 0 aromatic carbocycles. The Morgan fingerprint density at radius 3 is 2.46 bits per heavy atom. The summed E-state index contributed by atoms with van der Waals surface area (Å²) in [6.07, 6.45) is 3.33. The second kappa shape index (κ2) is 7.80. The van der Waals surface area contributed by atoms with Crippen molar-refractivity contribution in [3.63, 3.8) is 0 Å². The molecule has 0 bridgehead atoms. The summed E-state index contributed by atoms with van der Waals surface area (Å²) in [6.45, 7) is 2.55. The lowest BCUT2D eigenvalue weighted by Crippen LogP contribution is -2.41. The number of thioether (sulfide) groups is 1. The molecule has 0 saturated carbocycles. The van der Waals surface area contributed by atoms with Gasteiger partial charge in [-0.25, -0.2) is 4.79 Å². The number of nitrogens with zero attached hydrogens (tertiary/aromatic N) is 6. The normalized spacial score (nSPS) is 11.0. The molecule has 3 aromatic rings. The molecule has 3 rings (SSSR count). The van der Waals surface area contributed by atoms with Crippen molar-refractivity contribution in [1.82, 2.24) is 28.9 Å². The number of anilines is 1. The predicted octanol–water partition coefficient (Wildman–Crippen LogP) is 0.315. The van der Waals surface area contributed by atoms with Crippen LogP contribution in [0, 0.1) is 0 Å². The van der Waals surface area contributed by atoms with Crippen LogP contribution in [0.4, 0.5) is 5.82 Å². The third kappa shape index (κ3) is 3.36. The van der Waals surface area contributed by atoms with Crippen LogP contribution < -0.4 is 17.0 Å². The molecule has 28 heavy (non-hydrogen) atoms. The molecule has 0 radical (unpaired) electrons. The summed E-state index contributed by atoms with van der Waals surface area (Å²) in [6, 6.07) is 3.65. The van der Waals surface area contributed by atoms with Gasteiger partial charge in [0.25, 0.3) is 5.56 Å². The highest BCUT2D eigenvalue weighted by Gasteiger charge is 2.21. The maximum Gasteiger partial charge on any atom is 0.332 e. The average Bonchev–Trinajstić information content (AvgIpc) is 3.13. The Labute approximate surface area is 164 Å². The SMILES string of the molecule is CCn1c(SCC(=O)c2c(N)n(C)c(=O)n(C)c2=O)nnc1-c1ccncc1. The van der Waals surface area contributed by atoms with E-state index in [4.69, 9.17) is 5.73 Å². The van der Waals surface area contributed by atoms with Crippen LogP contribution in [0.15, 0.2) is 39.3 Å². The van der Waals surface area contributed by atoms with Crippen molar-refractivity contribution in [3.05, 3.63) is 50.9 Å². The fraction of sp³-hybridized carbons (Fsp3) is 0.294. The lowest BCUT2D eigenvalue weighted by molar-refractivity contribution is 0.102. The average molecular weight is 401 g/mol. The second-order valence-electron chi connectivity index (χ2n) is 5.96. The molecule has 0 unspecified atom stereocenters. The predicted molar refractivity (Wildman–Crippen MR) is 105 cm³/mol. The Morgan fingerprint density at radius 1 is 1.14 bits per heavy atom. The van der Waals surface area contributed by atoms with E-state index in [-0.39, 0.29) is 17.1 Å². The highest BCUT2D eigenvalue weighted by Crippen LogP contribution is 2.24. The Bertz CT molecular complexity index is 1150. The van der Waals surface area contributed by atoms with E-state index in [1.807, 2.05) is 23.6 Å². The van der Waals surface area contributed by atoms with Gasteiger partial charge in [0, 0.05) is 38.6 Å². The Kier molecular flexibility index (Phi) is 5.45. The van der Waals surface area contributed by atoms with E-state index in [2.05, 4.69) is 15.2 Å². The molecule has 0 spiro atoms. The van der Waals surface area contributed by atoms with Crippen molar-refractivity contribution in [1.29, 1.82) is 0 Å². The minimum absolute atomic E-state index is 0.0634. The Morgan fingerprint density at radius 2 is 1.82 bits per heavy atom. The first kappa shape index (κ1) is 19.5. The molecule has 0 saturated heterocycles. The quantitative estimate of drug-likeness (QED) is 0.461. The molecule has 0 fully saturated rings. The molecule has 0 amide bonds. The minimum Gasteiger partial charge on any atom is -0.384 e. The summed E-state index contributed by atoms with van der Waals surface area (Å²) < 4.78 is 3.81. The van der Waals surface area contributed by atoms with E-state index in [9.17, 15) is 14.4 Å². The van der Waals surface area contributed by atoms with Crippen molar-refractivity contribution < 1.29 is 4.79 Å². The van der Waals surface area contributed by atoms with Crippen molar-refractivity contribution in [2.24, 2.45) is 14.1 Å². The molecule has 2 N–H and O–H groups in total. The van der Waals surface area contributed by atoms with Gasteiger partial charge >= 0.3 is 5.69 Å². The van der Waals surface area contributed by atoms with Gasteiger partial charge in [-0.1, -0.05) is 11.8 Å². The summed E-state index contributed by atoms with van der Waals surface area (Å²) in [5.74, 6) is -0.0214. The number of pyridine rings is 1. The fourth-order valence-electron chi connectivity index (χ4n) is 2.72. The Hall–Kier alpha value is -3.21. The first-order chi connectivity index (χ1) is 13.4. The van der Waals surface area contributed by atoms with Crippen LogP contribution in [-0.2, 0) is 20.6 Å². The molecule has 0 aliphatic heterocycles. The molecule has 3 aromatic heterocycles. The van der Waals surface area contributed by atoms with Crippen LogP contribution in [0.3, 0.4) is 0 Å². The van der Waals surface area contributed by atoms with Gasteiger partial charge in [0.05, 0.1) is 5.75 Å². The summed E-state index contributed by atoms with van der Waals surface area (Å²) in [4.78, 5) is 40.9. The number of nitrogen functional groups attached to an aromatic ring is 1.